The Hall–Kier alpha value is -1.41. The molecule has 1 aromatic heterocycles. The maximum atomic E-state index is 4.72. The molecule has 1 N–H and O–H groups in total. The van der Waals surface area contributed by atoms with E-state index >= 15 is 0 Å². The van der Waals surface area contributed by atoms with Crippen molar-refractivity contribution in [2.24, 2.45) is 5.92 Å². The molecule has 0 aliphatic heterocycles. The normalized spacial score (nSPS) is 11.4. The van der Waals surface area contributed by atoms with Crippen LogP contribution in [0.2, 0.25) is 0 Å². The van der Waals surface area contributed by atoms with Crippen molar-refractivity contribution in [2.45, 2.75) is 40.7 Å². The Morgan fingerprint density at radius 3 is 2.68 bits per heavy atom. The third-order valence-electron chi connectivity index (χ3n) is 3.39. The van der Waals surface area contributed by atoms with Crippen LogP contribution in [-0.2, 0) is 13.0 Å². The SMILES string of the molecule is CCc1cccc2c(CNCC(C)C)cc(C)nc12. The van der Waals surface area contributed by atoms with Crippen LogP contribution in [0.25, 0.3) is 10.9 Å². The number of nitrogens with zero attached hydrogens (tertiary/aromatic N) is 1. The summed E-state index contributed by atoms with van der Waals surface area (Å²) in [5.41, 5.74) is 4.98. The van der Waals surface area contributed by atoms with Crippen LogP contribution in [0.1, 0.15) is 37.6 Å². The number of para-hydroxylation sites is 1. The molecule has 2 aromatic rings. The van der Waals surface area contributed by atoms with Gasteiger partial charge in [-0.25, -0.2) is 0 Å². The molecule has 1 heterocycles. The van der Waals surface area contributed by atoms with Gasteiger partial charge in [0.05, 0.1) is 5.52 Å². The standard InChI is InChI=1S/C17H24N2/c1-5-14-7-6-8-16-15(11-18-10-12(2)3)9-13(4)19-17(14)16/h6-9,12,18H,5,10-11H2,1-4H3. The van der Waals surface area contributed by atoms with E-state index in [0.29, 0.717) is 5.92 Å². The Morgan fingerprint density at radius 1 is 1.21 bits per heavy atom. The number of aryl methyl sites for hydroxylation is 2. The van der Waals surface area contributed by atoms with Crippen LogP contribution in [0.3, 0.4) is 0 Å². The quantitative estimate of drug-likeness (QED) is 0.879. The largest absolute Gasteiger partial charge is 0.312 e. The van der Waals surface area contributed by atoms with E-state index in [2.05, 4.69) is 57.3 Å². The minimum atomic E-state index is 0.681. The second kappa shape index (κ2) is 6.16. The van der Waals surface area contributed by atoms with Gasteiger partial charge < -0.3 is 5.32 Å². The predicted molar refractivity (Wildman–Crippen MR) is 82.4 cm³/mol. The average molecular weight is 256 g/mol. The summed E-state index contributed by atoms with van der Waals surface area (Å²) in [6.45, 7) is 10.7. The average Bonchev–Trinajstić information content (AvgIpc) is 2.37. The second-order valence-corrected chi connectivity index (χ2v) is 5.61. The van der Waals surface area contributed by atoms with E-state index in [4.69, 9.17) is 4.98 Å². The summed E-state index contributed by atoms with van der Waals surface area (Å²) < 4.78 is 0. The summed E-state index contributed by atoms with van der Waals surface area (Å²) in [7, 11) is 0. The summed E-state index contributed by atoms with van der Waals surface area (Å²) in [5, 5.41) is 4.82. The number of rotatable bonds is 5. The molecule has 0 aliphatic rings. The smallest absolute Gasteiger partial charge is 0.0740 e. The van der Waals surface area contributed by atoms with Gasteiger partial charge in [0.15, 0.2) is 0 Å². The lowest BCUT2D eigenvalue weighted by atomic mass is 10.0. The van der Waals surface area contributed by atoms with E-state index in [1.165, 1.54) is 22.0 Å². The molecule has 0 aliphatic carbocycles. The van der Waals surface area contributed by atoms with Gasteiger partial charge in [-0.3, -0.25) is 4.98 Å². The maximum absolute atomic E-state index is 4.72. The lowest BCUT2D eigenvalue weighted by Gasteiger charge is -2.12. The zero-order valence-electron chi connectivity index (χ0n) is 12.5. The minimum absolute atomic E-state index is 0.681. The first kappa shape index (κ1) is 14.0. The van der Waals surface area contributed by atoms with Gasteiger partial charge >= 0.3 is 0 Å². The van der Waals surface area contributed by atoms with Crippen LogP contribution in [0, 0.1) is 12.8 Å². The summed E-state index contributed by atoms with van der Waals surface area (Å²) in [4.78, 5) is 4.72. The van der Waals surface area contributed by atoms with E-state index in [0.717, 1.165) is 25.2 Å². The third-order valence-corrected chi connectivity index (χ3v) is 3.39. The summed E-state index contributed by atoms with van der Waals surface area (Å²) in [6.07, 6.45) is 1.03. The highest BCUT2D eigenvalue weighted by molar-refractivity contribution is 5.85. The number of hydrogen-bond acceptors (Lipinski definition) is 2. The van der Waals surface area contributed by atoms with Crippen LogP contribution < -0.4 is 5.32 Å². The van der Waals surface area contributed by atoms with Crippen LogP contribution in [0.15, 0.2) is 24.3 Å². The highest BCUT2D eigenvalue weighted by atomic mass is 14.9. The summed E-state index contributed by atoms with van der Waals surface area (Å²) in [5.74, 6) is 0.681. The number of nitrogens with one attached hydrogen (secondary N) is 1. The van der Waals surface area contributed by atoms with E-state index in [-0.39, 0.29) is 0 Å². The van der Waals surface area contributed by atoms with E-state index < -0.39 is 0 Å². The summed E-state index contributed by atoms with van der Waals surface area (Å²) in [6, 6.07) is 8.71. The molecular weight excluding hydrogens is 232 g/mol. The van der Waals surface area contributed by atoms with Crippen LogP contribution >= 0.6 is 0 Å². The van der Waals surface area contributed by atoms with Crippen LogP contribution in [0.4, 0.5) is 0 Å². The minimum Gasteiger partial charge on any atom is -0.312 e. The van der Waals surface area contributed by atoms with E-state index in [1.54, 1.807) is 0 Å². The molecule has 19 heavy (non-hydrogen) atoms. The Bertz CT molecular complexity index is 558. The topological polar surface area (TPSA) is 24.9 Å². The van der Waals surface area contributed by atoms with Crippen molar-refractivity contribution in [1.82, 2.24) is 10.3 Å². The number of aromatic nitrogens is 1. The molecule has 0 bridgehead atoms. The lowest BCUT2D eigenvalue weighted by Crippen LogP contribution is -2.19. The highest BCUT2D eigenvalue weighted by Gasteiger charge is 2.07. The molecule has 1 aromatic carbocycles. The Balaban J connectivity index is 2.37. The van der Waals surface area contributed by atoms with Gasteiger partial charge in [-0.05, 0) is 43.0 Å². The molecule has 0 spiro atoms. The molecule has 102 valence electrons. The second-order valence-electron chi connectivity index (χ2n) is 5.61. The molecule has 2 nitrogen and oxygen atoms in total. The van der Waals surface area contributed by atoms with Crippen LogP contribution in [0.5, 0.6) is 0 Å². The fraction of sp³-hybridized carbons (Fsp3) is 0.471. The van der Waals surface area contributed by atoms with Crippen molar-refractivity contribution in [3.63, 3.8) is 0 Å². The maximum Gasteiger partial charge on any atom is 0.0740 e. The molecular formula is C17H24N2. The first-order valence-electron chi connectivity index (χ1n) is 7.20. The Labute approximate surface area is 116 Å². The molecule has 2 rings (SSSR count). The van der Waals surface area contributed by atoms with Gasteiger partial charge in [-0.1, -0.05) is 39.0 Å². The molecule has 0 unspecified atom stereocenters. The Morgan fingerprint density at radius 2 is 2.00 bits per heavy atom. The van der Waals surface area contributed by atoms with Crippen molar-refractivity contribution < 1.29 is 0 Å². The number of hydrogen-bond donors (Lipinski definition) is 1. The molecule has 0 saturated carbocycles. The fourth-order valence-corrected chi connectivity index (χ4v) is 2.45. The zero-order chi connectivity index (χ0) is 13.8. The van der Waals surface area contributed by atoms with Crippen molar-refractivity contribution in [2.75, 3.05) is 6.54 Å². The molecule has 0 radical (unpaired) electrons. The van der Waals surface area contributed by atoms with Gasteiger partial charge in [-0.15, -0.1) is 0 Å². The first-order chi connectivity index (χ1) is 9.11. The van der Waals surface area contributed by atoms with Crippen LogP contribution in [-0.4, -0.2) is 11.5 Å². The van der Waals surface area contributed by atoms with Gasteiger partial charge in [0.1, 0.15) is 0 Å². The predicted octanol–water partition coefficient (Wildman–Crippen LogP) is 3.85. The number of pyridine rings is 1. The number of benzene rings is 1. The molecule has 2 heteroatoms. The first-order valence-corrected chi connectivity index (χ1v) is 7.20. The fourth-order valence-electron chi connectivity index (χ4n) is 2.45. The van der Waals surface area contributed by atoms with Crippen molar-refractivity contribution in [1.29, 1.82) is 0 Å². The van der Waals surface area contributed by atoms with Gasteiger partial charge in [0, 0.05) is 17.6 Å². The molecule has 0 fully saturated rings. The highest BCUT2D eigenvalue weighted by Crippen LogP contribution is 2.22. The third kappa shape index (κ3) is 3.32. The van der Waals surface area contributed by atoms with Crippen molar-refractivity contribution >= 4 is 10.9 Å². The zero-order valence-corrected chi connectivity index (χ0v) is 12.5. The van der Waals surface area contributed by atoms with E-state index in [9.17, 15) is 0 Å². The molecule has 0 atom stereocenters. The lowest BCUT2D eigenvalue weighted by molar-refractivity contribution is 0.553. The monoisotopic (exact) mass is 256 g/mol. The van der Waals surface area contributed by atoms with Crippen molar-refractivity contribution in [3.05, 3.63) is 41.1 Å². The Kier molecular flexibility index (Phi) is 4.54. The summed E-state index contributed by atoms with van der Waals surface area (Å²) >= 11 is 0. The molecule has 0 saturated heterocycles. The van der Waals surface area contributed by atoms with Gasteiger partial charge in [0.25, 0.3) is 0 Å². The van der Waals surface area contributed by atoms with Crippen molar-refractivity contribution in [3.8, 4) is 0 Å². The number of fused-ring (bicyclic) bond motifs is 1. The van der Waals surface area contributed by atoms with E-state index in [1.807, 2.05) is 0 Å². The van der Waals surface area contributed by atoms with Gasteiger partial charge in [-0.2, -0.15) is 0 Å². The van der Waals surface area contributed by atoms with Gasteiger partial charge in [0.2, 0.25) is 0 Å². The molecule has 0 amide bonds.